The second-order valence-corrected chi connectivity index (χ2v) is 6.30. The number of nitrogens with one attached hydrogen (secondary N) is 1. The molecular formula is C17H25NO. The van der Waals surface area contributed by atoms with Gasteiger partial charge in [0.2, 0.25) is 0 Å². The molecule has 104 valence electrons. The van der Waals surface area contributed by atoms with Gasteiger partial charge in [-0.3, -0.25) is 0 Å². The van der Waals surface area contributed by atoms with Crippen molar-refractivity contribution in [1.29, 1.82) is 0 Å². The number of aryl methyl sites for hydroxylation is 2. The first kappa shape index (κ1) is 13.0. The third-order valence-electron chi connectivity index (χ3n) is 4.71. The molecule has 0 aromatic heterocycles. The number of benzene rings is 1. The van der Waals surface area contributed by atoms with E-state index in [1.165, 1.54) is 42.4 Å². The Bertz CT molecular complexity index is 474. The standard InChI is InChI=1S/C17H25NO/c1-4-18-14-11-17(7-5-6-8-17)19-15-10-12(2)9-13(3)16(14)15/h9-10,14,18H,4-8,11H2,1-3H3. The maximum Gasteiger partial charge on any atom is 0.125 e. The summed E-state index contributed by atoms with van der Waals surface area (Å²) in [5.74, 6) is 1.14. The van der Waals surface area contributed by atoms with E-state index in [9.17, 15) is 0 Å². The van der Waals surface area contributed by atoms with Gasteiger partial charge in [-0.1, -0.05) is 13.0 Å². The minimum absolute atomic E-state index is 0.111. The van der Waals surface area contributed by atoms with Crippen molar-refractivity contribution in [2.45, 2.75) is 64.5 Å². The lowest BCUT2D eigenvalue weighted by Crippen LogP contribution is -2.42. The molecule has 1 spiro atoms. The molecule has 1 atom stereocenters. The summed E-state index contributed by atoms with van der Waals surface area (Å²) in [4.78, 5) is 0. The van der Waals surface area contributed by atoms with Gasteiger partial charge in [0.05, 0.1) is 0 Å². The molecule has 1 heterocycles. The number of fused-ring (bicyclic) bond motifs is 1. The van der Waals surface area contributed by atoms with Crippen molar-refractivity contribution < 1.29 is 4.74 Å². The SMILES string of the molecule is CCNC1CC2(CCCC2)Oc2cc(C)cc(C)c21. The molecule has 1 aliphatic heterocycles. The molecule has 1 aromatic rings. The molecule has 2 aliphatic rings. The molecule has 1 aromatic carbocycles. The molecule has 19 heavy (non-hydrogen) atoms. The zero-order valence-electron chi connectivity index (χ0n) is 12.4. The smallest absolute Gasteiger partial charge is 0.125 e. The van der Waals surface area contributed by atoms with E-state index in [2.05, 4.69) is 38.2 Å². The highest BCUT2D eigenvalue weighted by Gasteiger charge is 2.43. The van der Waals surface area contributed by atoms with Crippen LogP contribution in [0, 0.1) is 13.8 Å². The van der Waals surface area contributed by atoms with Crippen molar-refractivity contribution in [2.24, 2.45) is 0 Å². The Morgan fingerprint density at radius 3 is 2.68 bits per heavy atom. The van der Waals surface area contributed by atoms with Crippen LogP contribution in [0.4, 0.5) is 0 Å². The summed E-state index contributed by atoms with van der Waals surface area (Å²) >= 11 is 0. The van der Waals surface area contributed by atoms with Gasteiger partial charge in [-0.05, 0) is 63.3 Å². The average molecular weight is 259 g/mol. The summed E-state index contributed by atoms with van der Waals surface area (Å²) in [5, 5.41) is 3.67. The van der Waals surface area contributed by atoms with E-state index in [-0.39, 0.29) is 5.60 Å². The van der Waals surface area contributed by atoms with E-state index >= 15 is 0 Å². The van der Waals surface area contributed by atoms with Crippen LogP contribution in [0.1, 0.15) is 61.8 Å². The van der Waals surface area contributed by atoms with Gasteiger partial charge in [0.25, 0.3) is 0 Å². The van der Waals surface area contributed by atoms with Crippen LogP contribution in [0.25, 0.3) is 0 Å². The molecule has 0 bridgehead atoms. The van der Waals surface area contributed by atoms with Gasteiger partial charge >= 0.3 is 0 Å². The number of ether oxygens (including phenoxy) is 1. The minimum atomic E-state index is 0.111. The van der Waals surface area contributed by atoms with Gasteiger partial charge in [-0.15, -0.1) is 0 Å². The Labute approximate surface area is 116 Å². The van der Waals surface area contributed by atoms with Crippen LogP contribution in [-0.2, 0) is 0 Å². The molecule has 0 amide bonds. The van der Waals surface area contributed by atoms with Crippen LogP contribution in [0.3, 0.4) is 0 Å². The summed E-state index contributed by atoms with van der Waals surface area (Å²) in [6.07, 6.45) is 6.22. The lowest BCUT2D eigenvalue weighted by atomic mass is 9.83. The molecule has 1 aliphatic carbocycles. The summed E-state index contributed by atoms with van der Waals surface area (Å²) in [6, 6.07) is 4.97. The van der Waals surface area contributed by atoms with Gasteiger partial charge in [0.15, 0.2) is 0 Å². The Hall–Kier alpha value is -1.02. The Balaban J connectivity index is 2.03. The Morgan fingerprint density at radius 2 is 2.00 bits per heavy atom. The van der Waals surface area contributed by atoms with Gasteiger partial charge in [-0.25, -0.2) is 0 Å². The van der Waals surface area contributed by atoms with Crippen molar-refractivity contribution in [3.63, 3.8) is 0 Å². The zero-order valence-corrected chi connectivity index (χ0v) is 12.4. The molecule has 3 rings (SSSR count). The fraction of sp³-hybridized carbons (Fsp3) is 0.647. The maximum atomic E-state index is 6.48. The molecule has 1 unspecified atom stereocenters. The van der Waals surface area contributed by atoms with Gasteiger partial charge in [0.1, 0.15) is 11.4 Å². The quantitative estimate of drug-likeness (QED) is 0.865. The first-order chi connectivity index (χ1) is 9.13. The van der Waals surface area contributed by atoms with E-state index in [4.69, 9.17) is 4.74 Å². The molecule has 1 N–H and O–H groups in total. The van der Waals surface area contributed by atoms with Crippen molar-refractivity contribution >= 4 is 0 Å². The van der Waals surface area contributed by atoms with E-state index < -0.39 is 0 Å². The Kier molecular flexibility index (Phi) is 3.30. The molecule has 1 saturated carbocycles. The van der Waals surface area contributed by atoms with E-state index in [0.29, 0.717) is 6.04 Å². The molecule has 1 fully saturated rings. The number of hydrogen-bond acceptors (Lipinski definition) is 2. The summed E-state index contributed by atoms with van der Waals surface area (Å²) in [5.41, 5.74) is 4.18. The summed E-state index contributed by atoms with van der Waals surface area (Å²) in [6.45, 7) is 7.59. The monoisotopic (exact) mass is 259 g/mol. The van der Waals surface area contributed by atoms with Crippen molar-refractivity contribution in [3.8, 4) is 5.75 Å². The maximum absolute atomic E-state index is 6.48. The minimum Gasteiger partial charge on any atom is -0.487 e. The lowest BCUT2D eigenvalue weighted by molar-refractivity contribution is 0.0367. The summed E-state index contributed by atoms with van der Waals surface area (Å²) < 4.78 is 6.48. The largest absolute Gasteiger partial charge is 0.487 e. The predicted octanol–water partition coefficient (Wildman–Crippen LogP) is 4.05. The molecular weight excluding hydrogens is 234 g/mol. The van der Waals surface area contributed by atoms with Crippen molar-refractivity contribution in [2.75, 3.05) is 6.54 Å². The van der Waals surface area contributed by atoms with E-state index in [0.717, 1.165) is 18.7 Å². The number of hydrogen-bond donors (Lipinski definition) is 1. The van der Waals surface area contributed by atoms with Crippen LogP contribution >= 0.6 is 0 Å². The van der Waals surface area contributed by atoms with E-state index in [1.807, 2.05) is 0 Å². The average Bonchev–Trinajstić information content (AvgIpc) is 2.76. The first-order valence-corrected chi connectivity index (χ1v) is 7.67. The van der Waals surface area contributed by atoms with Gasteiger partial charge in [0, 0.05) is 18.0 Å². The second kappa shape index (κ2) is 4.82. The van der Waals surface area contributed by atoms with Crippen molar-refractivity contribution in [3.05, 3.63) is 28.8 Å². The van der Waals surface area contributed by atoms with E-state index in [1.54, 1.807) is 0 Å². The topological polar surface area (TPSA) is 21.3 Å². The second-order valence-electron chi connectivity index (χ2n) is 6.30. The fourth-order valence-electron chi connectivity index (χ4n) is 3.97. The predicted molar refractivity (Wildman–Crippen MR) is 78.8 cm³/mol. The van der Waals surface area contributed by atoms with Gasteiger partial charge < -0.3 is 10.1 Å². The zero-order chi connectivity index (χ0) is 13.5. The van der Waals surface area contributed by atoms with Crippen LogP contribution in [0.15, 0.2) is 12.1 Å². The number of rotatable bonds is 2. The van der Waals surface area contributed by atoms with Crippen LogP contribution in [0.5, 0.6) is 5.75 Å². The third-order valence-corrected chi connectivity index (χ3v) is 4.71. The summed E-state index contributed by atoms with van der Waals surface area (Å²) in [7, 11) is 0. The first-order valence-electron chi connectivity index (χ1n) is 7.67. The molecule has 2 nitrogen and oxygen atoms in total. The van der Waals surface area contributed by atoms with Crippen LogP contribution in [0.2, 0.25) is 0 Å². The van der Waals surface area contributed by atoms with Crippen molar-refractivity contribution in [1.82, 2.24) is 5.32 Å². The normalized spacial score (nSPS) is 24.3. The van der Waals surface area contributed by atoms with Crippen LogP contribution in [-0.4, -0.2) is 12.1 Å². The molecule has 2 heteroatoms. The fourth-order valence-corrected chi connectivity index (χ4v) is 3.97. The molecule has 0 saturated heterocycles. The molecule has 0 radical (unpaired) electrons. The lowest BCUT2D eigenvalue weighted by Gasteiger charge is -2.41. The highest BCUT2D eigenvalue weighted by atomic mass is 16.5. The van der Waals surface area contributed by atoms with Gasteiger partial charge in [-0.2, -0.15) is 0 Å². The highest BCUT2D eigenvalue weighted by Crippen LogP contribution is 2.48. The third kappa shape index (κ3) is 2.27. The Morgan fingerprint density at radius 1 is 1.26 bits per heavy atom. The van der Waals surface area contributed by atoms with Crippen LogP contribution < -0.4 is 10.1 Å². The highest BCUT2D eigenvalue weighted by molar-refractivity contribution is 5.47.